The molecular weight excluding hydrogens is 332 g/mol. The molecule has 0 bridgehead atoms. The predicted octanol–water partition coefficient (Wildman–Crippen LogP) is 6.62. The van der Waals surface area contributed by atoms with Crippen LogP contribution in [0.3, 0.4) is 0 Å². The van der Waals surface area contributed by atoms with Gasteiger partial charge in [-0.3, -0.25) is 4.98 Å². The van der Waals surface area contributed by atoms with Crippen molar-refractivity contribution in [1.29, 1.82) is 0 Å². The number of benzene rings is 2. The SMILES string of the molecule is CCc1ccc2c(C)ccnc2c1.CCc1nc2cc(C(C)C)ccc2o1. The summed E-state index contributed by atoms with van der Waals surface area (Å²) in [6.07, 6.45) is 3.80. The number of hydrogen-bond acceptors (Lipinski definition) is 3. The van der Waals surface area contributed by atoms with E-state index in [9.17, 15) is 0 Å². The van der Waals surface area contributed by atoms with Gasteiger partial charge in [0.1, 0.15) is 5.52 Å². The lowest BCUT2D eigenvalue weighted by atomic mass is 10.0. The van der Waals surface area contributed by atoms with Crippen LogP contribution in [0.25, 0.3) is 22.0 Å². The van der Waals surface area contributed by atoms with Crippen molar-refractivity contribution in [3.05, 3.63) is 71.2 Å². The van der Waals surface area contributed by atoms with Crippen LogP contribution in [-0.4, -0.2) is 9.97 Å². The number of aryl methyl sites for hydroxylation is 3. The fourth-order valence-corrected chi connectivity index (χ4v) is 3.06. The first-order valence-corrected chi connectivity index (χ1v) is 9.75. The summed E-state index contributed by atoms with van der Waals surface area (Å²) in [5.74, 6) is 1.36. The Morgan fingerprint density at radius 1 is 0.926 bits per heavy atom. The molecule has 0 fully saturated rings. The smallest absolute Gasteiger partial charge is 0.195 e. The average Bonchev–Trinajstić information content (AvgIpc) is 3.10. The average molecular weight is 361 g/mol. The number of oxazole rings is 1. The summed E-state index contributed by atoms with van der Waals surface area (Å²) in [6, 6.07) is 14.8. The monoisotopic (exact) mass is 360 g/mol. The van der Waals surface area contributed by atoms with E-state index in [2.05, 4.69) is 68.0 Å². The lowest BCUT2D eigenvalue weighted by Crippen LogP contribution is -1.85. The van der Waals surface area contributed by atoms with Crippen molar-refractivity contribution in [2.24, 2.45) is 0 Å². The molecule has 2 aromatic heterocycles. The summed E-state index contributed by atoms with van der Waals surface area (Å²) in [7, 11) is 0. The molecule has 3 heteroatoms. The predicted molar refractivity (Wildman–Crippen MR) is 113 cm³/mol. The second-order valence-electron chi connectivity index (χ2n) is 7.18. The van der Waals surface area contributed by atoms with E-state index in [0.29, 0.717) is 5.92 Å². The molecule has 2 heterocycles. The molecule has 0 aliphatic rings. The van der Waals surface area contributed by atoms with Gasteiger partial charge in [-0.2, -0.15) is 0 Å². The van der Waals surface area contributed by atoms with E-state index in [1.807, 2.05) is 25.3 Å². The number of nitrogens with zero attached hydrogens (tertiary/aromatic N) is 2. The molecule has 27 heavy (non-hydrogen) atoms. The maximum atomic E-state index is 5.54. The van der Waals surface area contributed by atoms with Gasteiger partial charge < -0.3 is 4.42 Å². The highest BCUT2D eigenvalue weighted by Crippen LogP contribution is 2.22. The van der Waals surface area contributed by atoms with Gasteiger partial charge in [-0.15, -0.1) is 0 Å². The fourth-order valence-electron chi connectivity index (χ4n) is 3.06. The van der Waals surface area contributed by atoms with E-state index in [1.165, 1.54) is 22.1 Å². The normalized spacial score (nSPS) is 11.0. The molecule has 140 valence electrons. The molecule has 0 saturated heterocycles. The molecule has 0 N–H and O–H groups in total. The van der Waals surface area contributed by atoms with E-state index in [-0.39, 0.29) is 0 Å². The minimum atomic E-state index is 0.543. The van der Waals surface area contributed by atoms with Gasteiger partial charge in [-0.1, -0.05) is 45.9 Å². The molecule has 0 atom stereocenters. The number of rotatable bonds is 3. The first kappa shape index (κ1) is 19.1. The molecule has 0 radical (unpaired) electrons. The van der Waals surface area contributed by atoms with Gasteiger partial charge in [0.2, 0.25) is 0 Å². The van der Waals surface area contributed by atoms with Crippen LogP contribution in [0, 0.1) is 6.92 Å². The Hall–Kier alpha value is -2.68. The Morgan fingerprint density at radius 2 is 1.74 bits per heavy atom. The third-order valence-electron chi connectivity index (χ3n) is 4.86. The molecule has 0 aliphatic carbocycles. The lowest BCUT2D eigenvalue weighted by Gasteiger charge is -2.02. The Morgan fingerprint density at radius 3 is 2.44 bits per heavy atom. The van der Waals surface area contributed by atoms with Crippen LogP contribution in [0.4, 0.5) is 0 Å². The molecule has 3 nitrogen and oxygen atoms in total. The van der Waals surface area contributed by atoms with Crippen LogP contribution in [-0.2, 0) is 12.8 Å². The molecule has 0 aliphatic heterocycles. The zero-order chi connectivity index (χ0) is 19.4. The third-order valence-corrected chi connectivity index (χ3v) is 4.86. The summed E-state index contributed by atoms with van der Waals surface area (Å²) in [6.45, 7) is 10.7. The quantitative estimate of drug-likeness (QED) is 0.412. The van der Waals surface area contributed by atoms with Crippen molar-refractivity contribution >= 4 is 22.0 Å². The standard InChI is InChI=1S/C12H15NO.C12H13N/c1-4-12-13-10-7-9(8(2)3)5-6-11(10)14-12;1-3-10-4-5-11-9(2)6-7-13-12(11)8-10/h5-8H,4H2,1-3H3;4-8H,3H2,1-2H3. The summed E-state index contributed by atoms with van der Waals surface area (Å²) in [5.41, 5.74) is 6.95. The van der Waals surface area contributed by atoms with Crippen molar-refractivity contribution < 1.29 is 4.42 Å². The summed E-state index contributed by atoms with van der Waals surface area (Å²) in [5, 5.41) is 1.26. The Balaban J connectivity index is 0.000000156. The minimum absolute atomic E-state index is 0.543. The first-order valence-electron chi connectivity index (χ1n) is 9.75. The molecule has 0 spiro atoms. The molecule has 4 aromatic rings. The van der Waals surface area contributed by atoms with Gasteiger partial charge in [-0.05, 0) is 60.2 Å². The van der Waals surface area contributed by atoms with Crippen LogP contribution < -0.4 is 0 Å². The van der Waals surface area contributed by atoms with Gasteiger partial charge in [0.05, 0.1) is 5.52 Å². The van der Waals surface area contributed by atoms with Gasteiger partial charge in [-0.25, -0.2) is 4.98 Å². The Labute approximate surface area is 161 Å². The topological polar surface area (TPSA) is 38.9 Å². The minimum Gasteiger partial charge on any atom is -0.441 e. The molecule has 0 unspecified atom stereocenters. The highest BCUT2D eigenvalue weighted by molar-refractivity contribution is 5.82. The third kappa shape index (κ3) is 4.36. The van der Waals surface area contributed by atoms with Crippen LogP contribution in [0.2, 0.25) is 0 Å². The van der Waals surface area contributed by atoms with Crippen molar-refractivity contribution in [3.63, 3.8) is 0 Å². The van der Waals surface area contributed by atoms with Crippen molar-refractivity contribution in [3.8, 4) is 0 Å². The van der Waals surface area contributed by atoms with Gasteiger partial charge >= 0.3 is 0 Å². The number of pyridine rings is 1. The summed E-state index contributed by atoms with van der Waals surface area (Å²) >= 11 is 0. The summed E-state index contributed by atoms with van der Waals surface area (Å²) in [4.78, 5) is 8.76. The molecular formula is C24H28N2O. The second-order valence-corrected chi connectivity index (χ2v) is 7.18. The Bertz CT molecular complexity index is 1050. The second kappa shape index (κ2) is 8.34. The number of fused-ring (bicyclic) bond motifs is 2. The summed E-state index contributed by atoms with van der Waals surface area (Å²) < 4.78 is 5.54. The van der Waals surface area contributed by atoms with Gasteiger partial charge in [0, 0.05) is 18.0 Å². The first-order chi connectivity index (χ1) is 13.0. The number of aromatic nitrogens is 2. The molecule has 4 rings (SSSR count). The van der Waals surface area contributed by atoms with Crippen molar-refractivity contribution in [2.75, 3.05) is 0 Å². The van der Waals surface area contributed by atoms with Crippen molar-refractivity contribution in [2.45, 2.75) is 53.4 Å². The van der Waals surface area contributed by atoms with Crippen LogP contribution >= 0.6 is 0 Å². The molecule has 0 amide bonds. The number of hydrogen-bond donors (Lipinski definition) is 0. The largest absolute Gasteiger partial charge is 0.441 e. The maximum absolute atomic E-state index is 5.54. The van der Waals surface area contributed by atoms with Crippen LogP contribution in [0.1, 0.15) is 56.2 Å². The van der Waals surface area contributed by atoms with Gasteiger partial charge in [0.15, 0.2) is 11.5 Å². The molecule has 0 saturated carbocycles. The van der Waals surface area contributed by atoms with E-state index in [4.69, 9.17) is 4.42 Å². The van der Waals surface area contributed by atoms with E-state index >= 15 is 0 Å². The van der Waals surface area contributed by atoms with E-state index in [0.717, 1.165) is 35.3 Å². The van der Waals surface area contributed by atoms with Crippen molar-refractivity contribution in [1.82, 2.24) is 9.97 Å². The highest BCUT2D eigenvalue weighted by atomic mass is 16.3. The zero-order valence-corrected chi connectivity index (χ0v) is 16.9. The maximum Gasteiger partial charge on any atom is 0.195 e. The lowest BCUT2D eigenvalue weighted by molar-refractivity contribution is 0.538. The van der Waals surface area contributed by atoms with Gasteiger partial charge in [0.25, 0.3) is 0 Å². The fraction of sp³-hybridized carbons (Fsp3) is 0.333. The van der Waals surface area contributed by atoms with E-state index in [1.54, 1.807) is 0 Å². The zero-order valence-electron chi connectivity index (χ0n) is 16.9. The van der Waals surface area contributed by atoms with E-state index < -0.39 is 0 Å². The highest BCUT2D eigenvalue weighted by Gasteiger charge is 2.06. The Kier molecular flexibility index (Phi) is 5.90. The molecule has 2 aromatic carbocycles. The van der Waals surface area contributed by atoms with Crippen LogP contribution in [0.15, 0.2) is 53.1 Å². The van der Waals surface area contributed by atoms with Crippen LogP contribution in [0.5, 0.6) is 0 Å².